The lowest BCUT2D eigenvalue weighted by atomic mass is 10.1. The summed E-state index contributed by atoms with van der Waals surface area (Å²) >= 11 is 0. The Morgan fingerprint density at radius 3 is 2.45 bits per heavy atom. The first kappa shape index (κ1) is 17.8. The van der Waals surface area contributed by atoms with E-state index >= 15 is 0 Å². The lowest BCUT2D eigenvalue weighted by Crippen LogP contribution is -2.33. The first-order valence-corrected chi connectivity index (χ1v) is 7.47. The zero-order chi connectivity index (χ0) is 15.0. The van der Waals surface area contributed by atoms with Gasteiger partial charge < -0.3 is 30.2 Å². The van der Waals surface area contributed by atoms with Gasteiger partial charge in [-0.2, -0.15) is 0 Å². The molecule has 0 aromatic carbocycles. The fraction of sp³-hybridized carbons (Fsp3) is 1.00. The molecule has 1 aliphatic heterocycles. The third-order valence-electron chi connectivity index (χ3n) is 3.42. The Morgan fingerprint density at radius 1 is 1.20 bits per heavy atom. The number of hydrogen-bond donors (Lipinski definition) is 3. The molecule has 1 heterocycles. The summed E-state index contributed by atoms with van der Waals surface area (Å²) in [7, 11) is 0. The minimum atomic E-state index is -0.678. The van der Waals surface area contributed by atoms with Crippen molar-refractivity contribution in [3.63, 3.8) is 0 Å². The molecule has 0 aromatic rings. The van der Waals surface area contributed by atoms with Crippen LogP contribution in [0.3, 0.4) is 0 Å². The van der Waals surface area contributed by atoms with E-state index in [0.29, 0.717) is 13.2 Å². The van der Waals surface area contributed by atoms with Crippen molar-refractivity contribution in [3.8, 4) is 0 Å². The van der Waals surface area contributed by atoms with E-state index in [1.807, 2.05) is 6.92 Å². The minimum absolute atomic E-state index is 0.0307. The molecule has 120 valence electrons. The first-order chi connectivity index (χ1) is 9.54. The Morgan fingerprint density at radius 2 is 1.90 bits per heavy atom. The Kier molecular flexibility index (Phi) is 8.60. The standard InChI is InChI=1S/C14H29NO5/c1-10(9-19-13(8-16)11(2)17)18-7-5-3-4-6-12-14(15)20-12/h10-14,16-17H,3-9,15H2,1-2H3/t10-,11?,12?,13?,14-/m1/s1. The highest BCUT2D eigenvalue weighted by atomic mass is 16.6. The maximum atomic E-state index is 9.32. The molecule has 0 bridgehead atoms. The Hall–Kier alpha value is -0.240. The van der Waals surface area contributed by atoms with Crippen LogP contribution in [-0.2, 0) is 14.2 Å². The normalized spacial score (nSPS) is 26.2. The van der Waals surface area contributed by atoms with Gasteiger partial charge in [-0.25, -0.2) is 0 Å². The average Bonchev–Trinajstić information content (AvgIpc) is 3.10. The highest BCUT2D eigenvalue weighted by molar-refractivity contribution is 4.78. The second kappa shape index (κ2) is 9.65. The summed E-state index contributed by atoms with van der Waals surface area (Å²) in [4.78, 5) is 0. The van der Waals surface area contributed by atoms with Gasteiger partial charge >= 0.3 is 0 Å². The molecule has 0 aromatic heterocycles. The van der Waals surface area contributed by atoms with Crippen LogP contribution in [0.4, 0.5) is 0 Å². The number of ether oxygens (including phenoxy) is 3. The smallest absolute Gasteiger partial charge is 0.132 e. The van der Waals surface area contributed by atoms with Crippen molar-refractivity contribution in [2.75, 3.05) is 19.8 Å². The van der Waals surface area contributed by atoms with Crippen LogP contribution in [0, 0.1) is 0 Å². The maximum absolute atomic E-state index is 9.32. The molecule has 6 heteroatoms. The van der Waals surface area contributed by atoms with Crippen LogP contribution in [0.15, 0.2) is 0 Å². The Labute approximate surface area is 121 Å². The molecule has 0 spiro atoms. The van der Waals surface area contributed by atoms with Gasteiger partial charge in [-0.15, -0.1) is 0 Å². The first-order valence-electron chi connectivity index (χ1n) is 7.47. The molecule has 1 rings (SSSR count). The van der Waals surface area contributed by atoms with Gasteiger partial charge in [-0.05, 0) is 26.7 Å². The molecule has 0 radical (unpaired) electrons. The van der Waals surface area contributed by atoms with E-state index in [2.05, 4.69) is 0 Å². The largest absolute Gasteiger partial charge is 0.394 e. The van der Waals surface area contributed by atoms with Crippen LogP contribution in [0.1, 0.15) is 39.5 Å². The summed E-state index contributed by atoms with van der Waals surface area (Å²) in [6, 6.07) is 0. The van der Waals surface area contributed by atoms with Crippen LogP contribution in [-0.4, -0.2) is 60.7 Å². The van der Waals surface area contributed by atoms with E-state index in [0.717, 1.165) is 25.7 Å². The van der Waals surface area contributed by atoms with E-state index in [4.69, 9.17) is 25.1 Å². The fourth-order valence-electron chi connectivity index (χ4n) is 1.95. The van der Waals surface area contributed by atoms with Crippen molar-refractivity contribution < 1.29 is 24.4 Å². The summed E-state index contributed by atoms with van der Waals surface area (Å²) in [5.74, 6) is 0. The zero-order valence-electron chi connectivity index (χ0n) is 12.5. The average molecular weight is 291 g/mol. The maximum Gasteiger partial charge on any atom is 0.132 e. The molecular weight excluding hydrogens is 262 g/mol. The molecule has 0 aliphatic carbocycles. The van der Waals surface area contributed by atoms with E-state index in [1.54, 1.807) is 6.92 Å². The minimum Gasteiger partial charge on any atom is -0.394 e. The van der Waals surface area contributed by atoms with Gasteiger partial charge in [0.15, 0.2) is 0 Å². The fourth-order valence-corrected chi connectivity index (χ4v) is 1.95. The third kappa shape index (κ3) is 7.52. The van der Waals surface area contributed by atoms with Gasteiger partial charge in [0.2, 0.25) is 0 Å². The third-order valence-corrected chi connectivity index (χ3v) is 3.42. The van der Waals surface area contributed by atoms with E-state index in [9.17, 15) is 5.11 Å². The number of nitrogens with two attached hydrogens (primary N) is 1. The van der Waals surface area contributed by atoms with Gasteiger partial charge in [0.1, 0.15) is 12.3 Å². The zero-order valence-corrected chi connectivity index (χ0v) is 12.5. The molecule has 1 saturated heterocycles. The van der Waals surface area contributed by atoms with Crippen molar-refractivity contribution in [1.82, 2.24) is 0 Å². The van der Waals surface area contributed by atoms with Crippen molar-refractivity contribution in [1.29, 1.82) is 0 Å². The summed E-state index contributed by atoms with van der Waals surface area (Å²) in [6.07, 6.45) is 3.25. The van der Waals surface area contributed by atoms with Crippen LogP contribution in [0.25, 0.3) is 0 Å². The molecule has 1 fully saturated rings. The van der Waals surface area contributed by atoms with Crippen molar-refractivity contribution in [2.45, 2.75) is 70.2 Å². The van der Waals surface area contributed by atoms with Gasteiger partial charge in [0.05, 0.1) is 31.5 Å². The number of aliphatic hydroxyl groups excluding tert-OH is 2. The van der Waals surface area contributed by atoms with Crippen LogP contribution in [0.2, 0.25) is 0 Å². The monoisotopic (exact) mass is 291 g/mol. The number of hydrogen-bond acceptors (Lipinski definition) is 6. The van der Waals surface area contributed by atoms with E-state index in [1.165, 1.54) is 0 Å². The van der Waals surface area contributed by atoms with E-state index < -0.39 is 12.2 Å². The van der Waals surface area contributed by atoms with Gasteiger partial charge in [-0.1, -0.05) is 12.8 Å². The number of unbranched alkanes of at least 4 members (excludes halogenated alkanes) is 2. The molecule has 5 atom stereocenters. The second-order valence-corrected chi connectivity index (χ2v) is 5.46. The second-order valence-electron chi connectivity index (χ2n) is 5.46. The molecule has 0 amide bonds. The Bertz CT molecular complexity index is 252. The molecule has 6 nitrogen and oxygen atoms in total. The number of aliphatic hydroxyl groups is 2. The predicted molar refractivity (Wildman–Crippen MR) is 75.2 cm³/mol. The highest BCUT2D eigenvalue weighted by Gasteiger charge is 2.33. The Balaban J connectivity index is 1.90. The summed E-state index contributed by atoms with van der Waals surface area (Å²) in [6.45, 7) is 4.41. The summed E-state index contributed by atoms with van der Waals surface area (Å²) < 4.78 is 16.1. The van der Waals surface area contributed by atoms with Crippen LogP contribution in [0.5, 0.6) is 0 Å². The predicted octanol–water partition coefficient (Wildman–Crippen LogP) is 0.394. The van der Waals surface area contributed by atoms with Gasteiger partial charge in [0.25, 0.3) is 0 Å². The highest BCUT2D eigenvalue weighted by Crippen LogP contribution is 2.22. The quantitative estimate of drug-likeness (QED) is 0.355. The van der Waals surface area contributed by atoms with Gasteiger partial charge in [-0.3, -0.25) is 0 Å². The number of rotatable bonds is 12. The summed E-state index contributed by atoms with van der Waals surface area (Å²) in [5.41, 5.74) is 5.54. The lowest BCUT2D eigenvalue weighted by molar-refractivity contribution is -0.0907. The number of epoxide rings is 1. The van der Waals surface area contributed by atoms with Gasteiger partial charge in [0, 0.05) is 6.61 Å². The van der Waals surface area contributed by atoms with Crippen molar-refractivity contribution in [2.24, 2.45) is 5.73 Å². The van der Waals surface area contributed by atoms with E-state index in [-0.39, 0.29) is 25.0 Å². The van der Waals surface area contributed by atoms with Crippen molar-refractivity contribution in [3.05, 3.63) is 0 Å². The lowest BCUT2D eigenvalue weighted by Gasteiger charge is -2.21. The SMILES string of the molecule is CC(O)C(CO)OC[C@@H](C)OCCCCCC1O[C@H]1N. The topological polar surface area (TPSA) is 97.5 Å². The van der Waals surface area contributed by atoms with Crippen LogP contribution >= 0.6 is 0 Å². The van der Waals surface area contributed by atoms with Crippen molar-refractivity contribution >= 4 is 0 Å². The molecule has 4 N–H and O–H groups in total. The molecule has 3 unspecified atom stereocenters. The molecule has 1 aliphatic rings. The molecule has 0 saturated carbocycles. The summed E-state index contributed by atoms with van der Waals surface area (Å²) in [5, 5.41) is 18.3. The molecular formula is C14H29NO5. The van der Waals surface area contributed by atoms with Crippen LogP contribution < -0.4 is 5.73 Å². The molecule has 20 heavy (non-hydrogen) atoms.